The Morgan fingerprint density at radius 3 is 2.52 bits per heavy atom. The first kappa shape index (κ1) is 20.5. The maximum atomic E-state index is 12.2. The largest absolute Gasteiger partial charge is 0.494 e. The van der Waals surface area contributed by atoms with E-state index in [1.54, 1.807) is 18.2 Å². The highest BCUT2D eigenvalue weighted by molar-refractivity contribution is 5.86. The minimum Gasteiger partial charge on any atom is -0.494 e. The van der Waals surface area contributed by atoms with Gasteiger partial charge in [-0.2, -0.15) is 8.78 Å². The monoisotopic (exact) mass is 379 g/mol. The van der Waals surface area contributed by atoms with Crippen molar-refractivity contribution in [1.82, 2.24) is 0 Å². The van der Waals surface area contributed by atoms with E-state index in [0.29, 0.717) is 23.7 Å². The second-order valence-electron chi connectivity index (χ2n) is 5.79. The molecule has 0 saturated carbocycles. The summed E-state index contributed by atoms with van der Waals surface area (Å²) >= 11 is 0. The van der Waals surface area contributed by atoms with Crippen LogP contribution in [0.15, 0.2) is 36.4 Å². The van der Waals surface area contributed by atoms with Gasteiger partial charge in [-0.25, -0.2) is 4.79 Å². The van der Waals surface area contributed by atoms with Crippen molar-refractivity contribution in [2.75, 3.05) is 11.9 Å². The smallest absolute Gasteiger partial charge is 0.416 e. The van der Waals surface area contributed by atoms with Crippen molar-refractivity contribution in [2.45, 2.75) is 40.4 Å². The van der Waals surface area contributed by atoms with Crippen LogP contribution >= 0.6 is 0 Å². The Balaban J connectivity index is 2.17. The number of hydrogen-bond acceptors (Lipinski definition) is 4. The van der Waals surface area contributed by atoms with Crippen LogP contribution in [0.4, 0.5) is 19.3 Å². The maximum Gasteiger partial charge on any atom is 0.416 e. The third-order valence-electron chi connectivity index (χ3n) is 3.86. The van der Waals surface area contributed by atoms with Crippen LogP contribution < -0.4 is 14.8 Å². The number of aryl methyl sites for hydroxylation is 2. The van der Waals surface area contributed by atoms with Crippen molar-refractivity contribution in [3.8, 4) is 11.5 Å². The molecule has 2 aromatic carbocycles. The number of carbonyl (C=O) groups excluding carboxylic acids is 1. The van der Waals surface area contributed by atoms with Crippen molar-refractivity contribution in [3.05, 3.63) is 53.1 Å². The van der Waals surface area contributed by atoms with Crippen LogP contribution in [0.25, 0.3) is 0 Å². The molecular weight excluding hydrogens is 356 g/mol. The van der Waals surface area contributed by atoms with Gasteiger partial charge in [-0.15, -0.1) is 0 Å². The van der Waals surface area contributed by atoms with Crippen LogP contribution in [0.3, 0.4) is 0 Å². The molecule has 0 aromatic heterocycles. The normalized spacial score (nSPS) is 10.6. The minimum atomic E-state index is -3.19. The first-order chi connectivity index (χ1) is 12.9. The molecule has 0 aliphatic heterocycles. The van der Waals surface area contributed by atoms with E-state index < -0.39 is 12.7 Å². The first-order valence-corrected chi connectivity index (χ1v) is 8.66. The highest BCUT2D eigenvalue weighted by atomic mass is 19.3. The first-order valence-electron chi connectivity index (χ1n) is 8.66. The van der Waals surface area contributed by atoms with Crippen LogP contribution in [-0.2, 0) is 17.8 Å². The quantitative estimate of drug-likeness (QED) is 0.676. The van der Waals surface area contributed by atoms with Crippen molar-refractivity contribution in [3.63, 3.8) is 0 Å². The Kier molecular flexibility index (Phi) is 7.40. The van der Waals surface area contributed by atoms with Gasteiger partial charge in [-0.1, -0.05) is 19.1 Å². The number of nitrogens with one attached hydrogen (secondary N) is 1. The van der Waals surface area contributed by atoms with Crippen LogP contribution in [0.2, 0.25) is 0 Å². The fourth-order valence-corrected chi connectivity index (χ4v) is 2.52. The summed E-state index contributed by atoms with van der Waals surface area (Å²) < 4.78 is 39.5. The minimum absolute atomic E-state index is 0.142. The Labute approximate surface area is 157 Å². The highest BCUT2D eigenvalue weighted by Gasteiger charge is 2.14. The Morgan fingerprint density at radius 2 is 1.89 bits per heavy atom. The lowest BCUT2D eigenvalue weighted by Crippen LogP contribution is -2.18. The highest BCUT2D eigenvalue weighted by Crippen LogP contribution is 2.26. The lowest BCUT2D eigenvalue weighted by molar-refractivity contribution is -0.0766. The molecule has 0 radical (unpaired) electrons. The number of anilines is 1. The number of ether oxygens (including phenoxy) is 3. The van der Waals surface area contributed by atoms with E-state index in [9.17, 15) is 13.6 Å². The third-order valence-corrected chi connectivity index (χ3v) is 3.86. The van der Waals surface area contributed by atoms with E-state index in [4.69, 9.17) is 9.47 Å². The molecule has 0 unspecified atom stereocenters. The molecule has 0 heterocycles. The summed E-state index contributed by atoms with van der Waals surface area (Å²) in [4.78, 5) is 11.5. The molecule has 1 N–H and O–H groups in total. The van der Waals surface area contributed by atoms with Gasteiger partial charge in [0.15, 0.2) is 0 Å². The van der Waals surface area contributed by atoms with Crippen molar-refractivity contribution < 1.29 is 27.8 Å². The molecule has 0 spiro atoms. The Bertz CT molecular complexity index is 781. The molecule has 2 aromatic rings. The van der Waals surface area contributed by atoms with E-state index in [1.165, 1.54) is 5.56 Å². The average Bonchev–Trinajstić information content (AvgIpc) is 2.61. The van der Waals surface area contributed by atoms with Gasteiger partial charge in [0.2, 0.25) is 0 Å². The van der Waals surface area contributed by atoms with Gasteiger partial charge in [-0.3, -0.25) is 5.32 Å². The molecule has 0 fully saturated rings. The van der Waals surface area contributed by atoms with Crippen LogP contribution in [-0.4, -0.2) is 19.3 Å². The molecule has 0 aliphatic carbocycles. The number of rotatable bonds is 8. The molecule has 0 bridgehead atoms. The summed E-state index contributed by atoms with van der Waals surface area (Å²) in [5.41, 5.74) is 3.09. The van der Waals surface area contributed by atoms with Gasteiger partial charge >= 0.3 is 12.7 Å². The molecule has 0 aliphatic rings. The third kappa shape index (κ3) is 6.13. The summed E-state index contributed by atoms with van der Waals surface area (Å²) in [5, 5.41) is 2.31. The lowest BCUT2D eigenvalue weighted by Gasteiger charge is -2.15. The maximum absolute atomic E-state index is 12.2. The molecule has 27 heavy (non-hydrogen) atoms. The van der Waals surface area contributed by atoms with Crippen LogP contribution in [0, 0.1) is 6.92 Å². The molecule has 1 amide bonds. The van der Waals surface area contributed by atoms with Gasteiger partial charge < -0.3 is 14.2 Å². The van der Waals surface area contributed by atoms with Gasteiger partial charge in [0.1, 0.15) is 18.1 Å². The van der Waals surface area contributed by atoms with Gasteiger partial charge in [0, 0.05) is 11.6 Å². The Hall–Kier alpha value is -2.83. The summed E-state index contributed by atoms with van der Waals surface area (Å²) in [6, 6.07) is 10.9. The number of amides is 1. The molecule has 2 rings (SSSR count). The summed E-state index contributed by atoms with van der Waals surface area (Å²) in [6.07, 6.45) is -0.316. The lowest BCUT2D eigenvalue weighted by atomic mass is 10.1. The van der Waals surface area contributed by atoms with Crippen LogP contribution in [0.5, 0.6) is 11.5 Å². The van der Waals surface area contributed by atoms with Gasteiger partial charge in [-0.05, 0) is 49.6 Å². The number of carbonyl (C=O) groups is 1. The fraction of sp³-hybridized carbons (Fsp3) is 0.350. The fourth-order valence-electron chi connectivity index (χ4n) is 2.52. The molecule has 5 nitrogen and oxygen atoms in total. The zero-order chi connectivity index (χ0) is 19.8. The van der Waals surface area contributed by atoms with E-state index in [2.05, 4.69) is 17.0 Å². The Morgan fingerprint density at radius 1 is 1.11 bits per heavy atom. The van der Waals surface area contributed by atoms with E-state index in [-0.39, 0.29) is 12.3 Å². The van der Waals surface area contributed by atoms with E-state index in [0.717, 1.165) is 12.0 Å². The van der Waals surface area contributed by atoms with Crippen molar-refractivity contribution in [2.24, 2.45) is 0 Å². The number of halogens is 2. The summed E-state index contributed by atoms with van der Waals surface area (Å²) in [6.45, 7) is 3.22. The van der Waals surface area contributed by atoms with Crippen molar-refractivity contribution >= 4 is 11.8 Å². The SMILES string of the molecule is CCOc1ccc(COc2ccc(CC)cc2C)c(NC(=O)OC(F)F)c1. The second-order valence-corrected chi connectivity index (χ2v) is 5.79. The molecule has 7 heteroatoms. The van der Waals surface area contributed by atoms with Crippen molar-refractivity contribution in [1.29, 1.82) is 0 Å². The van der Waals surface area contributed by atoms with Crippen LogP contribution in [0.1, 0.15) is 30.5 Å². The zero-order valence-electron chi connectivity index (χ0n) is 15.6. The molecule has 0 saturated heterocycles. The van der Waals surface area contributed by atoms with E-state index >= 15 is 0 Å². The average molecular weight is 379 g/mol. The predicted molar refractivity (Wildman–Crippen MR) is 98.6 cm³/mol. The second kappa shape index (κ2) is 9.75. The van der Waals surface area contributed by atoms with Gasteiger partial charge in [0.05, 0.1) is 12.3 Å². The summed E-state index contributed by atoms with van der Waals surface area (Å²) in [5.74, 6) is 1.21. The molecule has 146 valence electrons. The zero-order valence-corrected chi connectivity index (χ0v) is 15.6. The number of alkyl halides is 2. The number of benzene rings is 2. The molecule has 0 atom stereocenters. The van der Waals surface area contributed by atoms with E-state index in [1.807, 2.05) is 32.0 Å². The number of hydrogen-bond donors (Lipinski definition) is 1. The molecular formula is C20H23F2NO4. The topological polar surface area (TPSA) is 56.8 Å². The predicted octanol–water partition coefficient (Wildman–Crippen LogP) is 5.31. The standard InChI is InChI=1S/C20H23F2NO4/c1-4-14-6-9-18(13(3)10-14)26-12-15-7-8-16(25-5-2)11-17(15)23-20(24)27-19(21)22/h6-11,19H,4-5,12H2,1-3H3,(H,23,24). The van der Waals surface area contributed by atoms with Gasteiger partial charge in [0.25, 0.3) is 0 Å². The summed E-state index contributed by atoms with van der Waals surface area (Å²) in [7, 11) is 0.